The van der Waals surface area contributed by atoms with Crippen LogP contribution in [0, 0.1) is 6.92 Å². The minimum atomic E-state index is -3.56. The van der Waals surface area contributed by atoms with Crippen LogP contribution in [0.2, 0.25) is 0 Å². The number of nitrogens with zero attached hydrogens (tertiary/aromatic N) is 4. The Morgan fingerprint density at radius 3 is 2.87 bits per heavy atom. The third-order valence-corrected chi connectivity index (χ3v) is 8.61. The van der Waals surface area contributed by atoms with E-state index >= 15 is 0 Å². The quantitative estimate of drug-likeness (QED) is 0.693. The highest BCUT2D eigenvalue weighted by Gasteiger charge is 2.65. The van der Waals surface area contributed by atoms with Crippen molar-refractivity contribution in [2.45, 2.75) is 36.8 Å². The van der Waals surface area contributed by atoms with Crippen LogP contribution >= 0.6 is 0 Å². The van der Waals surface area contributed by atoms with Crippen LogP contribution in [0.1, 0.15) is 28.2 Å². The van der Waals surface area contributed by atoms with Crippen molar-refractivity contribution in [2.75, 3.05) is 26.7 Å². The Morgan fingerprint density at radius 2 is 2.13 bits per heavy atom. The van der Waals surface area contributed by atoms with Crippen molar-refractivity contribution in [3.8, 4) is 5.75 Å². The molecule has 3 fully saturated rings. The first-order valence-electron chi connectivity index (χ1n) is 10.2. The van der Waals surface area contributed by atoms with Gasteiger partial charge in [-0.2, -0.15) is 4.31 Å². The van der Waals surface area contributed by atoms with E-state index in [9.17, 15) is 13.2 Å². The van der Waals surface area contributed by atoms with Gasteiger partial charge in [0.2, 0.25) is 10.0 Å². The van der Waals surface area contributed by atoms with E-state index in [0.717, 1.165) is 11.3 Å². The minimum absolute atomic E-state index is 0.219. The molecule has 31 heavy (non-hydrogen) atoms. The largest absolute Gasteiger partial charge is 0.497 e. The van der Waals surface area contributed by atoms with Gasteiger partial charge in [-0.15, -0.1) is 0 Å². The summed E-state index contributed by atoms with van der Waals surface area (Å²) in [6.45, 7) is 2.84. The molecule has 164 valence electrons. The van der Waals surface area contributed by atoms with E-state index in [1.807, 2.05) is 24.3 Å². The number of hydrogen-bond donors (Lipinski definition) is 0. The van der Waals surface area contributed by atoms with Crippen LogP contribution in [0.15, 0.2) is 36.7 Å². The van der Waals surface area contributed by atoms with Gasteiger partial charge in [-0.05, 0) is 31.0 Å². The van der Waals surface area contributed by atoms with Gasteiger partial charge in [0.25, 0.3) is 5.91 Å². The van der Waals surface area contributed by atoms with Crippen LogP contribution in [-0.4, -0.2) is 77.2 Å². The van der Waals surface area contributed by atoms with Crippen LogP contribution in [0.4, 0.5) is 0 Å². The summed E-state index contributed by atoms with van der Waals surface area (Å²) in [4.78, 5) is 23.0. The van der Waals surface area contributed by atoms with Gasteiger partial charge in [0.15, 0.2) is 0 Å². The molecular formula is C21H24N4O5S. The number of sulfonamides is 1. The number of carbonyl (C=O) groups is 1. The Balaban J connectivity index is 1.39. The molecule has 0 N–H and O–H groups in total. The molecule has 3 atom stereocenters. The molecule has 9 nitrogen and oxygen atoms in total. The van der Waals surface area contributed by atoms with Crippen molar-refractivity contribution in [3.63, 3.8) is 0 Å². The summed E-state index contributed by atoms with van der Waals surface area (Å²) in [5, 5.41) is -0.655. The number of amides is 1. The molecule has 5 rings (SSSR count). The van der Waals surface area contributed by atoms with Crippen LogP contribution in [0.5, 0.6) is 5.75 Å². The zero-order chi connectivity index (χ0) is 21.8. The highest BCUT2D eigenvalue weighted by Crippen LogP contribution is 2.47. The standard InChI is InChI=1S/C21H24N4O5S/c1-14-8-23-18(9-22-14)20(26)24-11-17-7-19-21(12-24,30-17)13-25(31(19,27)28)10-15-4-3-5-16(6-15)29-2/h3-6,8-9,17,19H,7,10-13H2,1-2H3/t17-,19+,21+/m1/s1. The molecule has 0 aliphatic carbocycles. The number of aromatic nitrogens is 2. The summed E-state index contributed by atoms with van der Waals surface area (Å²) in [6, 6.07) is 7.37. The third-order valence-electron chi connectivity index (χ3n) is 6.29. The summed E-state index contributed by atoms with van der Waals surface area (Å²) in [5.41, 5.74) is 0.907. The molecule has 3 aliphatic heterocycles. The molecule has 3 aliphatic rings. The molecule has 10 heteroatoms. The van der Waals surface area contributed by atoms with Gasteiger partial charge in [-0.1, -0.05) is 12.1 Å². The Morgan fingerprint density at radius 1 is 1.29 bits per heavy atom. The molecule has 0 radical (unpaired) electrons. The van der Waals surface area contributed by atoms with Crippen molar-refractivity contribution in [2.24, 2.45) is 0 Å². The van der Waals surface area contributed by atoms with Crippen molar-refractivity contribution in [1.29, 1.82) is 0 Å². The number of hydrogen-bond acceptors (Lipinski definition) is 7. The lowest BCUT2D eigenvalue weighted by Gasteiger charge is -2.39. The molecule has 2 bridgehead atoms. The maximum atomic E-state index is 13.3. The predicted molar refractivity (Wildman–Crippen MR) is 111 cm³/mol. The summed E-state index contributed by atoms with van der Waals surface area (Å²) in [7, 11) is -1.99. The van der Waals surface area contributed by atoms with Crippen molar-refractivity contribution in [1.82, 2.24) is 19.2 Å². The summed E-state index contributed by atoms with van der Waals surface area (Å²) < 4.78 is 39.6. The number of morpholine rings is 1. The second-order valence-electron chi connectivity index (χ2n) is 8.42. The van der Waals surface area contributed by atoms with E-state index in [-0.39, 0.29) is 37.3 Å². The Hall–Kier alpha value is -2.56. The lowest BCUT2D eigenvalue weighted by Crippen LogP contribution is -2.56. The normalized spacial score (nSPS) is 29.0. The number of fused-ring (bicyclic) bond motifs is 1. The van der Waals surface area contributed by atoms with Crippen molar-refractivity contribution >= 4 is 15.9 Å². The zero-order valence-corrected chi connectivity index (χ0v) is 18.2. The van der Waals surface area contributed by atoms with E-state index in [4.69, 9.17) is 9.47 Å². The molecule has 0 saturated carbocycles. The maximum Gasteiger partial charge on any atom is 0.274 e. The molecular weight excluding hydrogens is 420 g/mol. The molecule has 1 spiro atoms. The third kappa shape index (κ3) is 3.38. The van der Waals surface area contributed by atoms with Gasteiger partial charge in [0.1, 0.15) is 22.3 Å². The second kappa shape index (κ2) is 7.25. The van der Waals surface area contributed by atoms with E-state index in [1.165, 1.54) is 10.5 Å². The van der Waals surface area contributed by atoms with Gasteiger partial charge >= 0.3 is 0 Å². The van der Waals surface area contributed by atoms with Gasteiger partial charge in [-0.25, -0.2) is 13.4 Å². The van der Waals surface area contributed by atoms with Crippen molar-refractivity contribution in [3.05, 3.63) is 53.6 Å². The van der Waals surface area contributed by atoms with Crippen molar-refractivity contribution < 1.29 is 22.7 Å². The smallest absolute Gasteiger partial charge is 0.274 e. The number of likely N-dealkylation sites (tertiary alicyclic amines) is 1. The zero-order valence-electron chi connectivity index (χ0n) is 17.4. The van der Waals surface area contributed by atoms with Gasteiger partial charge < -0.3 is 14.4 Å². The average molecular weight is 445 g/mol. The molecule has 1 aromatic heterocycles. The van der Waals surface area contributed by atoms with E-state index < -0.39 is 20.9 Å². The first-order valence-corrected chi connectivity index (χ1v) is 11.7. The fourth-order valence-corrected chi connectivity index (χ4v) is 7.18. The monoisotopic (exact) mass is 444 g/mol. The van der Waals surface area contributed by atoms with Gasteiger partial charge in [0, 0.05) is 25.8 Å². The van der Waals surface area contributed by atoms with Crippen LogP contribution in [0.25, 0.3) is 0 Å². The first kappa shape index (κ1) is 20.3. The van der Waals surface area contributed by atoms with Gasteiger partial charge in [-0.3, -0.25) is 9.78 Å². The Kier molecular flexibility index (Phi) is 4.76. The Bertz CT molecular complexity index is 1120. The van der Waals surface area contributed by atoms with Crippen LogP contribution < -0.4 is 4.74 Å². The highest BCUT2D eigenvalue weighted by atomic mass is 32.2. The molecule has 0 unspecified atom stereocenters. The molecule has 2 aromatic rings. The highest BCUT2D eigenvalue weighted by molar-refractivity contribution is 7.90. The first-order chi connectivity index (χ1) is 14.8. The minimum Gasteiger partial charge on any atom is -0.497 e. The summed E-state index contributed by atoms with van der Waals surface area (Å²) in [5.74, 6) is 0.432. The summed E-state index contributed by atoms with van der Waals surface area (Å²) in [6.07, 6.45) is 3.11. The SMILES string of the molecule is COc1cccc(CN2C[C@@]34CN(C(=O)c5cnc(C)cn5)C[C@@H](C[C@@H]3S2(=O)=O)O4)c1. The second-order valence-corrected chi connectivity index (χ2v) is 10.5. The van der Waals surface area contributed by atoms with E-state index in [0.29, 0.717) is 18.7 Å². The Labute approximate surface area is 181 Å². The molecule has 4 heterocycles. The van der Waals surface area contributed by atoms with E-state index in [2.05, 4.69) is 9.97 Å². The predicted octanol–water partition coefficient (Wildman–Crippen LogP) is 0.991. The topological polar surface area (TPSA) is 102 Å². The maximum absolute atomic E-state index is 13.3. The number of benzene rings is 1. The fourth-order valence-electron chi connectivity index (χ4n) is 4.88. The lowest BCUT2D eigenvalue weighted by molar-refractivity contribution is -0.0981. The number of ether oxygens (including phenoxy) is 2. The molecule has 3 saturated heterocycles. The number of methoxy groups -OCH3 is 1. The number of carbonyl (C=O) groups excluding carboxylic acids is 1. The molecule has 1 amide bonds. The average Bonchev–Trinajstić information content (AvgIpc) is 3.13. The van der Waals surface area contributed by atoms with Gasteiger partial charge in [0.05, 0.1) is 31.6 Å². The number of aryl methyl sites for hydroxylation is 1. The molecule has 1 aromatic carbocycles. The number of rotatable bonds is 4. The fraction of sp³-hybridized carbons (Fsp3) is 0.476. The van der Waals surface area contributed by atoms with Crippen LogP contribution in [-0.2, 0) is 21.3 Å². The summed E-state index contributed by atoms with van der Waals surface area (Å²) >= 11 is 0. The van der Waals surface area contributed by atoms with E-state index in [1.54, 1.807) is 25.1 Å². The van der Waals surface area contributed by atoms with Crippen LogP contribution in [0.3, 0.4) is 0 Å². The lowest BCUT2D eigenvalue weighted by atomic mass is 9.99.